The molecule has 2 aliphatic heterocycles. The zero-order valence-corrected chi connectivity index (χ0v) is 24.5. The van der Waals surface area contributed by atoms with Gasteiger partial charge in [0.05, 0.1) is 32.5 Å². The molecule has 0 N–H and O–H groups in total. The molecule has 0 unspecified atom stereocenters. The van der Waals surface area contributed by atoms with Gasteiger partial charge in [0, 0.05) is 0 Å². The molecule has 0 bridgehead atoms. The lowest BCUT2D eigenvalue weighted by atomic mass is 9.92. The minimum Gasteiger partial charge on any atom is -0.374 e. The van der Waals surface area contributed by atoms with E-state index >= 15 is 0 Å². The zero-order valence-electron chi connectivity index (χ0n) is 24.5. The van der Waals surface area contributed by atoms with Crippen LogP contribution >= 0.6 is 0 Å². The van der Waals surface area contributed by atoms with Gasteiger partial charge < -0.3 is 33.2 Å². The Kier molecular flexibility index (Phi) is 10.9. The summed E-state index contributed by atoms with van der Waals surface area (Å²) in [7, 11) is 0. The van der Waals surface area contributed by atoms with Gasteiger partial charge in [0.15, 0.2) is 12.1 Å². The normalized spacial score (nSPS) is 27.1. The number of hydrogen-bond donors (Lipinski definition) is 0. The minimum absolute atomic E-state index is 0.314. The standard InChI is InChI=1S/C35H42O7/c1-4-14-29-33(41-31-25-39-35(2,3)42-31)34(38-23-28-19-12-7-13-20-28)32(37-22-27-17-10-6-11-18-27)30(40-29)24-36-21-26-15-8-5-9-16-26/h4-13,15-20,29-34H,1,14,21-25H2,2-3H3/t29-,30+,31+,32+,33-,34-/m0/s1. The zero-order chi connectivity index (χ0) is 29.2. The molecule has 0 amide bonds. The van der Waals surface area contributed by atoms with Crippen LogP contribution in [0.15, 0.2) is 104 Å². The highest BCUT2D eigenvalue weighted by atomic mass is 16.8. The van der Waals surface area contributed by atoms with Gasteiger partial charge in [-0.15, -0.1) is 6.58 Å². The molecule has 3 aromatic rings. The van der Waals surface area contributed by atoms with Crippen LogP contribution < -0.4 is 0 Å². The molecule has 0 saturated carbocycles. The van der Waals surface area contributed by atoms with Gasteiger partial charge in [0.1, 0.15) is 31.0 Å². The summed E-state index contributed by atoms with van der Waals surface area (Å²) in [6.07, 6.45) is -0.370. The maximum absolute atomic E-state index is 6.70. The summed E-state index contributed by atoms with van der Waals surface area (Å²) in [5.41, 5.74) is 3.21. The number of ether oxygens (including phenoxy) is 7. The highest BCUT2D eigenvalue weighted by Gasteiger charge is 2.50. The Morgan fingerprint density at radius 1 is 0.738 bits per heavy atom. The summed E-state index contributed by atoms with van der Waals surface area (Å²) in [4.78, 5) is 0. The molecule has 5 rings (SSSR count). The van der Waals surface area contributed by atoms with Gasteiger partial charge >= 0.3 is 0 Å². The van der Waals surface area contributed by atoms with Crippen molar-refractivity contribution in [3.8, 4) is 0 Å². The highest BCUT2D eigenvalue weighted by Crippen LogP contribution is 2.34. The van der Waals surface area contributed by atoms with Gasteiger partial charge in [-0.3, -0.25) is 0 Å². The van der Waals surface area contributed by atoms with Gasteiger partial charge in [0.2, 0.25) is 0 Å². The van der Waals surface area contributed by atoms with Crippen LogP contribution in [0.25, 0.3) is 0 Å². The van der Waals surface area contributed by atoms with E-state index in [-0.39, 0.29) is 6.10 Å². The highest BCUT2D eigenvalue weighted by molar-refractivity contribution is 5.15. The summed E-state index contributed by atoms with van der Waals surface area (Å²) in [6, 6.07) is 30.3. The third-order valence-electron chi connectivity index (χ3n) is 7.38. The first-order valence-electron chi connectivity index (χ1n) is 14.7. The molecule has 2 saturated heterocycles. The van der Waals surface area contributed by atoms with Gasteiger partial charge in [-0.05, 0) is 37.0 Å². The second kappa shape index (κ2) is 15.0. The molecule has 3 aromatic carbocycles. The Hall–Kier alpha value is -2.88. The quantitative estimate of drug-likeness (QED) is 0.212. The van der Waals surface area contributed by atoms with Crippen LogP contribution in [0.3, 0.4) is 0 Å². The Balaban J connectivity index is 1.41. The predicted molar refractivity (Wildman–Crippen MR) is 159 cm³/mol. The molecule has 0 radical (unpaired) electrons. The van der Waals surface area contributed by atoms with Crippen LogP contribution in [0.4, 0.5) is 0 Å². The average molecular weight is 575 g/mol. The Labute approximate surface area is 249 Å². The van der Waals surface area contributed by atoms with E-state index in [1.807, 2.05) is 111 Å². The van der Waals surface area contributed by atoms with E-state index in [4.69, 9.17) is 33.2 Å². The Morgan fingerprint density at radius 3 is 1.81 bits per heavy atom. The van der Waals surface area contributed by atoms with E-state index in [1.165, 1.54) is 0 Å². The van der Waals surface area contributed by atoms with Crippen molar-refractivity contribution in [3.63, 3.8) is 0 Å². The fourth-order valence-electron chi connectivity index (χ4n) is 5.33. The van der Waals surface area contributed by atoms with Gasteiger partial charge in [-0.1, -0.05) is 97.1 Å². The van der Waals surface area contributed by atoms with E-state index < -0.39 is 36.5 Å². The molecule has 42 heavy (non-hydrogen) atoms. The third kappa shape index (κ3) is 8.58. The van der Waals surface area contributed by atoms with Crippen molar-refractivity contribution in [2.75, 3.05) is 13.2 Å². The van der Waals surface area contributed by atoms with E-state index in [0.29, 0.717) is 39.5 Å². The van der Waals surface area contributed by atoms with E-state index in [0.717, 1.165) is 16.7 Å². The van der Waals surface area contributed by atoms with E-state index in [1.54, 1.807) is 0 Å². The second-order valence-corrected chi connectivity index (χ2v) is 11.1. The maximum atomic E-state index is 6.70. The van der Waals surface area contributed by atoms with Gasteiger partial charge in [0.25, 0.3) is 0 Å². The van der Waals surface area contributed by atoms with Crippen molar-refractivity contribution >= 4 is 0 Å². The smallest absolute Gasteiger partial charge is 0.184 e. The van der Waals surface area contributed by atoms with E-state index in [2.05, 4.69) is 6.58 Å². The molecular weight excluding hydrogens is 532 g/mol. The Bertz CT molecular complexity index is 1200. The van der Waals surface area contributed by atoms with Gasteiger partial charge in [-0.2, -0.15) is 0 Å². The molecule has 2 fully saturated rings. The van der Waals surface area contributed by atoms with Crippen molar-refractivity contribution in [2.24, 2.45) is 0 Å². The monoisotopic (exact) mass is 574 g/mol. The SMILES string of the molecule is C=CC[C@@H]1O[C@H](COCc2ccccc2)[C@@H](OCc2ccccc2)[C@H](OCc2ccccc2)[C@H]1O[C@H]1COC(C)(C)O1. The summed E-state index contributed by atoms with van der Waals surface area (Å²) in [6.45, 7) is 9.64. The van der Waals surface area contributed by atoms with Crippen LogP contribution in [-0.2, 0) is 53.0 Å². The molecule has 7 heteroatoms. The number of rotatable bonds is 14. The van der Waals surface area contributed by atoms with Crippen LogP contribution in [-0.4, -0.2) is 55.8 Å². The molecule has 7 nitrogen and oxygen atoms in total. The lowest BCUT2D eigenvalue weighted by Gasteiger charge is -2.46. The molecule has 2 heterocycles. The average Bonchev–Trinajstić information content (AvgIpc) is 3.36. The third-order valence-corrected chi connectivity index (χ3v) is 7.38. The second-order valence-electron chi connectivity index (χ2n) is 11.1. The molecule has 0 aliphatic carbocycles. The Morgan fingerprint density at radius 2 is 1.29 bits per heavy atom. The molecule has 2 aliphatic rings. The van der Waals surface area contributed by atoms with Crippen molar-refractivity contribution in [2.45, 2.75) is 82.7 Å². The number of benzene rings is 3. The van der Waals surface area contributed by atoms with E-state index in [9.17, 15) is 0 Å². The first-order chi connectivity index (χ1) is 20.5. The summed E-state index contributed by atoms with van der Waals surface area (Å²) < 4.78 is 44.7. The summed E-state index contributed by atoms with van der Waals surface area (Å²) in [5, 5.41) is 0. The van der Waals surface area contributed by atoms with Crippen molar-refractivity contribution in [1.82, 2.24) is 0 Å². The fourth-order valence-corrected chi connectivity index (χ4v) is 5.33. The largest absolute Gasteiger partial charge is 0.374 e. The van der Waals surface area contributed by atoms with Crippen LogP contribution in [0.1, 0.15) is 37.0 Å². The summed E-state index contributed by atoms with van der Waals surface area (Å²) >= 11 is 0. The fraction of sp³-hybridized carbons (Fsp3) is 0.429. The topological polar surface area (TPSA) is 64.6 Å². The van der Waals surface area contributed by atoms with Crippen LogP contribution in [0.2, 0.25) is 0 Å². The molecular formula is C35H42O7. The van der Waals surface area contributed by atoms with Crippen molar-refractivity contribution in [3.05, 3.63) is 120 Å². The number of hydrogen-bond acceptors (Lipinski definition) is 7. The lowest BCUT2D eigenvalue weighted by molar-refractivity contribution is -0.300. The van der Waals surface area contributed by atoms with Crippen molar-refractivity contribution < 1.29 is 33.2 Å². The van der Waals surface area contributed by atoms with Gasteiger partial charge in [-0.25, -0.2) is 0 Å². The minimum atomic E-state index is -0.731. The molecule has 224 valence electrons. The predicted octanol–water partition coefficient (Wildman–Crippen LogP) is 6.21. The lowest BCUT2D eigenvalue weighted by Crippen LogP contribution is -2.61. The first kappa shape index (κ1) is 30.6. The first-order valence-corrected chi connectivity index (χ1v) is 14.7. The molecule has 6 atom stereocenters. The molecule has 0 spiro atoms. The van der Waals surface area contributed by atoms with Crippen molar-refractivity contribution in [1.29, 1.82) is 0 Å². The van der Waals surface area contributed by atoms with Crippen LogP contribution in [0.5, 0.6) is 0 Å². The molecule has 0 aromatic heterocycles. The summed E-state index contributed by atoms with van der Waals surface area (Å²) in [5.74, 6) is -0.731. The maximum Gasteiger partial charge on any atom is 0.184 e. The van der Waals surface area contributed by atoms with Crippen LogP contribution in [0, 0.1) is 0 Å².